The van der Waals surface area contributed by atoms with Gasteiger partial charge in [0.1, 0.15) is 7.85 Å². The monoisotopic (exact) mass is 241 g/mol. The topological polar surface area (TPSA) is 58.7 Å². The number of carbonyl (C=O) groups excluding carboxylic acids is 1. The summed E-state index contributed by atoms with van der Waals surface area (Å²) < 4.78 is 0. The van der Waals surface area contributed by atoms with Crippen molar-refractivity contribution < 1.29 is 4.79 Å². The predicted molar refractivity (Wildman–Crippen MR) is 72.7 cm³/mol. The highest BCUT2D eigenvalue weighted by Gasteiger charge is 2.43. The first-order valence-electron chi connectivity index (χ1n) is 5.81. The maximum atomic E-state index is 12.3. The zero-order chi connectivity index (χ0) is 13.5. The van der Waals surface area contributed by atoms with E-state index in [1.54, 1.807) is 13.1 Å². The van der Waals surface area contributed by atoms with E-state index in [4.69, 9.17) is 13.6 Å². The number of benzene rings is 1. The average Bonchev–Trinajstić information content (AvgIpc) is 2.31. The summed E-state index contributed by atoms with van der Waals surface area (Å²) in [5.41, 5.74) is 6.71. The van der Waals surface area contributed by atoms with Gasteiger partial charge in [0.05, 0.1) is 11.5 Å². The third-order valence-electron chi connectivity index (χ3n) is 3.37. The van der Waals surface area contributed by atoms with Crippen LogP contribution < -0.4 is 11.2 Å². The minimum absolute atomic E-state index is 0.0394. The number of nitrogens with zero attached hydrogens (tertiary/aromatic N) is 2. The van der Waals surface area contributed by atoms with Gasteiger partial charge in [0.15, 0.2) is 5.96 Å². The van der Waals surface area contributed by atoms with E-state index in [-0.39, 0.29) is 17.9 Å². The quantitative estimate of drug-likeness (QED) is 0.720. The molecule has 0 aliphatic carbocycles. The maximum absolute atomic E-state index is 12.3. The van der Waals surface area contributed by atoms with Crippen molar-refractivity contribution in [2.75, 3.05) is 7.05 Å². The second-order valence-electron chi connectivity index (χ2n) is 5.15. The molecular weight excluding hydrogens is 225 g/mol. The molecule has 18 heavy (non-hydrogen) atoms. The molecule has 1 aliphatic heterocycles. The number of hydrogen-bond acceptors (Lipinski definition) is 3. The Labute approximate surface area is 108 Å². The molecule has 0 saturated carbocycles. The van der Waals surface area contributed by atoms with Crippen LogP contribution in [-0.2, 0) is 4.79 Å². The van der Waals surface area contributed by atoms with Gasteiger partial charge in [-0.3, -0.25) is 9.69 Å². The molecule has 4 nitrogen and oxygen atoms in total. The Morgan fingerprint density at radius 1 is 1.44 bits per heavy atom. The van der Waals surface area contributed by atoms with Gasteiger partial charge in [-0.1, -0.05) is 29.7 Å². The molecule has 92 valence electrons. The van der Waals surface area contributed by atoms with E-state index in [1.807, 2.05) is 32.0 Å². The van der Waals surface area contributed by atoms with E-state index < -0.39 is 5.41 Å². The van der Waals surface area contributed by atoms with E-state index in [9.17, 15) is 4.79 Å². The maximum Gasteiger partial charge on any atom is 0.237 e. The summed E-state index contributed by atoms with van der Waals surface area (Å²) in [7, 11) is 7.41. The Hall–Kier alpha value is -1.78. The zero-order valence-corrected chi connectivity index (χ0v) is 10.8. The lowest BCUT2D eigenvalue weighted by atomic mass is 9.77. The fraction of sp³-hybridized carbons (Fsp3) is 0.385. The second-order valence-corrected chi connectivity index (χ2v) is 5.15. The number of guanidine groups is 1. The van der Waals surface area contributed by atoms with Crippen LogP contribution in [0.25, 0.3) is 0 Å². The van der Waals surface area contributed by atoms with Crippen LogP contribution in [0.15, 0.2) is 29.3 Å². The van der Waals surface area contributed by atoms with Gasteiger partial charge in [-0.25, -0.2) is 4.99 Å². The first-order chi connectivity index (χ1) is 8.34. The van der Waals surface area contributed by atoms with Crippen molar-refractivity contribution in [3.63, 3.8) is 0 Å². The Bertz CT molecular complexity index is 525. The highest BCUT2D eigenvalue weighted by atomic mass is 16.2. The molecule has 1 amide bonds. The summed E-state index contributed by atoms with van der Waals surface area (Å²) in [6.07, 6.45) is 0. The Morgan fingerprint density at radius 3 is 2.72 bits per heavy atom. The van der Waals surface area contributed by atoms with Crippen LogP contribution in [0.5, 0.6) is 0 Å². The Kier molecular flexibility index (Phi) is 2.93. The van der Waals surface area contributed by atoms with Crippen molar-refractivity contribution >= 4 is 25.2 Å². The second kappa shape index (κ2) is 4.16. The van der Waals surface area contributed by atoms with E-state index in [0.717, 1.165) is 5.56 Å². The molecular formula is C13H16BN3O. The minimum Gasteiger partial charge on any atom is -0.369 e. The van der Waals surface area contributed by atoms with E-state index in [0.29, 0.717) is 5.46 Å². The molecule has 0 aromatic heterocycles. The molecule has 1 heterocycles. The Balaban J connectivity index is 2.52. The first kappa shape index (κ1) is 12.7. The molecule has 1 aromatic rings. The molecule has 1 aromatic carbocycles. The van der Waals surface area contributed by atoms with Gasteiger partial charge in [0.25, 0.3) is 0 Å². The lowest BCUT2D eigenvalue weighted by Crippen LogP contribution is -2.51. The first-order valence-corrected chi connectivity index (χ1v) is 5.81. The molecule has 1 atom stereocenters. The lowest BCUT2D eigenvalue weighted by molar-refractivity contribution is -0.137. The van der Waals surface area contributed by atoms with E-state index >= 15 is 0 Å². The van der Waals surface area contributed by atoms with Crippen molar-refractivity contribution in [2.24, 2.45) is 16.1 Å². The summed E-state index contributed by atoms with van der Waals surface area (Å²) in [4.78, 5) is 18.1. The van der Waals surface area contributed by atoms with Gasteiger partial charge >= 0.3 is 0 Å². The van der Waals surface area contributed by atoms with Crippen LogP contribution in [0.2, 0.25) is 0 Å². The molecule has 0 unspecified atom stereocenters. The normalized spacial score (nSPS) is 22.8. The van der Waals surface area contributed by atoms with Crippen LogP contribution in [0, 0.1) is 5.41 Å². The molecule has 2 N–H and O–H groups in total. The largest absolute Gasteiger partial charge is 0.369 e. The van der Waals surface area contributed by atoms with Gasteiger partial charge in [0.2, 0.25) is 5.91 Å². The fourth-order valence-corrected chi connectivity index (χ4v) is 2.25. The van der Waals surface area contributed by atoms with Gasteiger partial charge in [-0.2, -0.15) is 0 Å². The zero-order valence-electron chi connectivity index (χ0n) is 10.8. The number of carbonyl (C=O) groups is 1. The number of aliphatic imine (C=N–C) groups is 1. The Morgan fingerprint density at radius 2 is 2.11 bits per heavy atom. The molecule has 0 saturated heterocycles. The van der Waals surface area contributed by atoms with Crippen LogP contribution in [0.4, 0.5) is 0 Å². The van der Waals surface area contributed by atoms with Crippen LogP contribution in [-0.4, -0.2) is 31.7 Å². The lowest BCUT2D eigenvalue weighted by Gasteiger charge is -2.38. The average molecular weight is 241 g/mol. The highest BCUT2D eigenvalue weighted by Crippen LogP contribution is 2.40. The minimum atomic E-state index is -0.634. The van der Waals surface area contributed by atoms with Crippen molar-refractivity contribution in [2.45, 2.75) is 19.9 Å². The van der Waals surface area contributed by atoms with Gasteiger partial charge in [-0.15, -0.1) is 0 Å². The highest BCUT2D eigenvalue weighted by molar-refractivity contribution is 6.32. The molecule has 5 heteroatoms. The summed E-state index contributed by atoms with van der Waals surface area (Å²) in [5, 5.41) is 0. The van der Waals surface area contributed by atoms with Crippen LogP contribution >= 0.6 is 0 Å². The van der Waals surface area contributed by atoms with E-state index in [2.05, 4.69) is 4.99 Å². The van der Waals surface area contributed by atoms with Crippen molar-refractivity contribution in [1.82, 2.24) is 4.90 Å². The number of hydrogen-bond donors (Lipinski definition) is 1. The third-order valence-corrected chi connectivity index (χ3v) is 3.37. The van der Waals surface area contributed by atoms with Gasteiger partial charge in [-0.05, 0) is 19.4 Å². The van der Waals surface area contributed by atoms with Crippen molar-refractivity contribution in [3.8, 4) is 0 Å². The fourth-order valence-electron chi connectivity index (χ4n) is 2.25. The molecule has 0 spiro atoms. The molecule has 0 fully saturated rings. The molecule has 2 rings (SSSR count). The predicted octanol–water partition coefficient (Wildman–Crippen LogP) is 0.334. The smallest absolute Gasteiger partial charge is 0.237 e. The summed E-state index contributed by atoms with van der Waals surface area (Å²) in [6.45, 7) is 3.74. The molecule has 0 bridgehead atoms. The number of amides is 1. The standard InChI is InChI=1S/C13H16BN3O/c1-13(2)10(8-5-4-6-9(14)7-8)16-12(15)17(3)11(13)18/h4-7,10H,1-3H3,(H2,15,16)/t10-/m1/s1. The van der Waals surface area contributed by atoms with Gasteiger partial charge < -0.3 is 5.73 Å². The van der Waals surface area contributed by atoms with Gasteiger partial charge in [0, 0.05) is 7.05 Å². The number of rotatable bonds is 1. The third kappa shape index (κ3) is 1.90. The molecule has 2 radical (unpaired) electrons. The summed E-state index contributed by atoms with van der Waals surface area (Å²) in [6, 6.07) is 7.11. The van der Waals surface area contributed by atoms with Crippen LogP contribution in [0.1, 0.15) is 25.5 Å². The summed E-state index contributed by atoms with van der Waals surface area (Å²) in [5.74, 6) is 0.203. The summed E-state index contributed by atoms with van der Waals surface area (Å²) >= 11 is 0. The number of nitrogens with two attached hydrogens (primary N) is 1. The van der Waals surface area contributed by atoms with Crippen molar-refractivity contribution in [1.29, 1.82) is 0 Å². The SMILES string of the molecule is [B]c1cccc([C@H]2N=C(N)N(C)C(=O)C2(C)C)c1. The van der Waals surface area contributed by atoms with Crippen molar-refractivity contribution in [3.05, 3.63) is 29.8 Å². The van der Waals surface area contributed by atoms with E-state index in [1.165, 1.54) is 4.90 Å². The van der Waals surface area contributed by atoms with Crippen LogP contribution in [0.3, 0.4) is 0 Å². The molecule has 1 aliphatic rings.